The zero-order chi connectivity index (χ0) is 17.8. The fourth-order valence-corrected chi connectivity index (χ4v) is 2.81. The van der Waals surface area contributed by atoms with Crippen molar-refractivity contribution in [2.24, 2.45) is 0 Å². The zero-order valence-corrected chi connectivity index (χ0v) is 15.1. The maximum absolute atomic E-state index is 12.4. The van der Waals surface area contributed by atoms with Crippen molar-refractivity contribution in [2.45, 2.75) is 13.0 Å². The Balaban J connectivity index is 1.86. The number of rotatable bonds is 4. The molecule has 1 N–H and O–H groups in total. The predicted octanol–water partition coefficient (Wildman–Crippen LogP) is 3.88. The SMILES string of the molecule is CC(NC(=O)C(C#N)=Cc1cnc2ccc(Br)cn12)c1ccccc1. The minimum absolute atomic E-state index is 0.0320. The van der Waals surface area contributed by atoms with E-state index in [4.69, 9.17) is 0 Å². The third-order valence-electron chi connectivity index (χ3n) is 3.80. The second-order valence-corrected chi connectivity index (χ2v) is 6.45. The van der Waals surface area contributed by atoms with Gasteiger partial charge in [0.2, 0.25) is 0 Å². The average molecular weight is 395 g/mol. The number of nitriles is 1. The minimum Gasteiger partial charge on any atom is -0.345 e. The number of aromatic nitrogens is 2. The molecule has 2 heterocycles. The average Bonchev–Trinajstić information content (AvgIpc) is 3.02. The lowest BCUT2D eigenvalue weighted by molar-refractivity contribution is -0.117. The van der Waals surface area contributed by atoms with E-state index in [2.05, 4.69) is 26.2 Å². The fraction of sp³-hybridized carbons (Fsp3) is 0.105. The molecule has 0 saturated carbocycles. The van der Waals surface area contributed by atoms with E-state index < -0.39 is 5.91 Å². The Bertz CT molecular complexity index is 986. The second-order valence-electron chi connectivity index (χ2n) is 5.53. The number of hydrogen-bond acceptors (Lipinski definition) is 3. The molecule has 0 radical (unpaired) electrons. The van der Waals surface area contributed by atoms with Crippen LogP contribution in [0.2, 0.25) is 0 Å². The van der Waals surface area contributed by atoms with Crippen molar-refractivity contribution in [3.8, 4) is 6.07 Å². The van der Waals surface area contributed by atoms with Gasteiger partial charge < -0.3 is 5.32 Å². The van der Waals surface area contributed by atoms with Crippen LogP contribution in [-0.2, 0) is 4.79 Å². The first-order valence-electron chi connectivity index (χ1n) is 7.68. The molecule has 0 aliphatic rings. The topological polar surface area (TPSA) is 70.2 Å². The number of carbonyl (C=O) groups is 1. The number of carbonyl (C=O) groups excluding carboxylic acids is 1. The van der Waals surface area contributed by atoms with Gasteiger partial charge in [-0.25, -0.2) is 4.98 Å². The molecule has 1 aromatic carbocycles. The summed E-state index contributed by atoms with van der Waals surface area (Å²) in [6.45, 7) is 1.88. The van der Waals surface area contributed by atoms with E-state index in [-0.39, 0.29) is 11.6 Å². The van der Waals surface area contributed by atoms with Crippen molar-refractivity contribution in [1.29, 1.82) is 5.26 Å². The van der Waals surface area contributed by atoms with Crippen LogP contribution in [0, 0.1) is 11.3 Å². The van der Waals surface area contributed by atoms with Crippen LogP contribution in [0.15, 0.2) is 64.9 Å². The molecular formula is C19H15BrN4O. The molecular weight excluding hydrogens is 380 g/mol. The molecule has 0 spiro atoms. The van der Waals surface area contributed by atoms with E-state index in [1.54, 1.807) is 12.3 Å². The van der Waals surface area contributed by atoms with Crippen molar-refractivity contribution in [2.75, 3.05) is 0 Å². The summed E-state index contributed by atoms with van der Waals surface area (Å²) in [5, 5.41) is 12.2. The van der Waals surface area contributed by atoms with Crippen molar-refractivity contribution >= 4 is 33.6 Å². The summed E-state index contributed by atoms with van der Waals surface area (Å²) in [7, 11) is 0. The molecule has 1 unspecified atom stereocenters. The molecule has 0 aliphatic carbocycles. The van der Waals surface area contributed by atoms with Crippen LogP contribution >= 0.6 is 15.9 Å². The molecule has 0 bridgehead atoms. The van der Waals surface area contributed by atoms with Gasteiger partial charge in [0.25, 0.3) is 5.91 Å². The van der Waals surface area contributed by atoms with E-state index in [1.807, 2.05) is 66.1 Å². The van der Waals surface area contributed by atoms with Gasteiger partial charge in [-0.05, 0) is 46.6 Å². The lowest BCUT2D eigenvalue weighted by Crippen LogP contribution is -2.27. The largest absolute Gasteiger partial charge is 0.345 e. The van der Waals surface area contributed by atoms with Crippen molar-refractivity contribution in [3.63, 3.8) is 0 Å². The monoisotopic (exact) mass is 394 g/mol. The summed E-state index contributed by atoms with van der Waals surface area (Å²) in [4.78, 5) is 16.7. The van der Waals surface area contributed by atoms with Gasteiger partial charge >= 0.3 is 0 Å². The van der Waals surface area contributed by atoms with Crippen LogP contribution in [0.4, 0.5) is 0 Å². The Hall–Kier alpha value is -2.91. The molecule has 124 valence electrons. The van der Waals surface area contributed by atoms with Crippen LogP contribution in [0.5, 0.6) is 0 Å². The molecule has 0 saturated heterocycles. The van der Waals surface area contributed by atoms with Crippen LogP contribution in [0.1, 0.15) is 24.2 Å². The van der Waals surface area contributed by atoms with Crippen molar-refractivity contribution < 1.29 is 4.79 Å². The van der Waals surface area contributed by atoms with Gasteiger partial charge in [-0.3, -0.25) is 9.20 Å². The number of benzene rings is 1. The van der Waals surface area contributed by atoms with E-state index in [1.165, 1.54) is 0 Å². The highest BCUT2D eigenvalue weighted by Crippen LogP contribution is 2.17. The number of amides is 1. The van der Waals surface area contributed by atoms with Crippen LogP contribution < -0.4 is 5.32 Å². The Morgan fingerprint density at radius 2 is 2.08 bits per heavy atom. The van der Waals surface area contributed by atoms with Gasteiger partial charge in [0.1, 0.15) is 17.3 Å². The van der Waals surface area contributed by atoms with E-state index in [0.717, 1.165) is 15.7 Å². The summed E-state index contributed by atoms with van der Waals surface area (Å²) < 4.78 is 2.70. The smallest absolute Gasteiger partial charge is 0.262 e. The second kappa shape index (κ2) is 7.32. The maximum atomic E-state index is 12.4. The summed E-state index contributed by atoms with van der Waals surface area (Å²) >= 11 is 3.41. The standard InChI is InChI=1S/C19H15BrN4O/c1-13(14-5-3-2-4-6-14)23-19(25)15(10-21)9-17-11-22-18-8-7-16(20)12-24(17)18/h2-9,11-13H,1H3,(H,23,25). The summed E-state index contributed by atoms with van der Waals surface area (Å²) in [5.41, 5.74) is 2.41. The van der Waals surface area contributed by atoms with E-state index in [9.17, 15) is 10.1 Å². The Morgan fingerprint density at radius 1 is 1.32 bits per heavy atom. The van der Waals surface area contributed by atoms with Gasteiger partial charge in [0.15, 0.2) is 0 Å². The lowest BCUT2D eigenvalue weighted by atomic mass is 10.1. The highest BCUT2D eigenvalue weighted by Gasteiger charge is 2.14. The van der Waals surface area contributed by atoms with Gasteiger partial charge in [0.05, 0.1) is 17.9 Å². The van der Waals surface area contributed by atoms with Crippen LogP contribution in [-0.4, -0.2) is 15.3 Å². The molecule has 25 heavy (non-hydrogen) atoms. The molecule has 1 atom stereocenters. The van der Waals surface area contributed by atoms with Gasteiger partial charge in [-0.2, -0.15) is 5.26 Å². The van der Waals surface area contributed by atoms with Crippen molar-refractivity contribution in [3.05, 3.63) is 76.2 Å². The molecule has 6 heteroatoms. The summed E-state index contributed by atoms with van der Waals surface area (Å²) in [5.74, 6) is -0.413. The first-order chi connectivity index (χ1) is 12.1. The summed E-state index contributed by atoms with van der Waals surface area (Å²) in [6.07, 6.45) is 5.01. The molecule has 0 aliphatic heterocycles. The number of fused-ring (bicyclic) bond motifs is 1. The van der Waals surface area contributed by atoms with E-state index in [0.29, 0.717) is 5.69 Å². The van der Waals surface area contributed by atoms with Crippen LogP contribution in [0.25, 0.3) is 11.7 Å². The maximum Gasteiger partial charge on any atom is 0.262 e. The van der Waals surface area contributed by atoms with E-state index >= 15 is 0 Å². The molecule has 5 nitrogen and oxygen atoms in total. The number of nitrogens with one attached hydrogen (secondary N) is 1. The number of imidazole rings is 1. The number of nitrogens with zero attached hydrogens (tertiary/aromatic N) is 3. The normalized spacial score (nSPS) is 12.6. The third-order valence-corrected chi connectivity index (χ3v) is 4.27. The molecule has 1 amide bonds. The van der Waals surface area contributed by atoms with Gasteiger partial charge in [-0.1, -0.05) is 30.3 Å². The number of halogens is 1. The third kappa shape index (κ3) is 3.78. The Kier molecular flexibility index (Phi) is 4.96. The van der Waals surface area contributed by atoms with Gasteiger partial charge in [0, 0.05) is 10.7 Å². The molecule has 0 fully saturated rings. The zero-order valence-electron chi connectivity index (χ0n) is 13.5. The fourth-order valence-electron chi connectivity index (χ4n) is 2.48. The Morgan fingerprint density at radius 3 is 2.80 bits per heavy atom. The highest BCUT2D eigenvalue weighted by molar-refractivity contribution is 9.10. The quantitative estimate of drug-likeness (QED) is 0.539. The Labute approximate surface area is 153 Å². The minimum atomic E-state index is -0.413. The lowest BCUT2D eigenvalue weighted by Gasteiger charge is -2.13. The van der Waals surface area contributed by atoms with Crippen LogP contribution in [0.3, 0.4) is 0 Å². The molecule has 3 aromatic rings. The molecule has 3 rings (SSSR count). The summed E-state index contributed by atoms with van der Waals surface area (Å²) in [6, 6.07) is 15.1. The number of pyridine rings is 1. The van der Waals surface area contributed by atoms with Crippen molar-refractivity contribution in [1.82, 2.24) is 14.7 Å². The molecule has 2 aromatic heterocycles. The highest BCUT2D eigenvalue weighted by atomic mass is 79.9. The number of hydrogen-bond donors (Lipinski definition) is 1. The predicted molar refractivity (Wildman–Crippen MR) is 99.5 cm³/mol. The first kappa shape index (κ1) is 16.9. The first-order valence-corrected chi connectivity index (χ1v) is 8.48. The van der Waals surface area contributed by atoms with Gasteiger partial charge in [-0.15, -0.1) is 0 Å².